The molecule has 0 fully saturated rings. The number of nitrogens with zero attached hydrogens (tertiary/aromatic N) is 1. The molecule has 0 saturated carbocycles. The smallest absolute Gasteiger partial charge is 0.123 e. The van der Waals surface area contributed by atoms with Crippen molar-refractivity contribution in [2.24, 2.45) is 5.92 Å². The molecule has 2 rings (SSSR count). The van der Waals surface area contributed by atoms with Crippen molar-refractivity contribution in [3.8, 4) is 11.1 Å². The first-order chi connectivity index (χ1) is 12.8. The standard InChI is InChI=1S/C24H32FNO/c1-15(2)8-7-9-20-22(18-10-12-19(25)13-11-18)21(14-27)24(17(5)6)26-23(20)16(3)4/h7,9-13,15-17,27H,8,14H2,1-6H3. The minimum atomic E-state index is -0.261. The Hall–Kier alpha value is -2.00. The van der Waals surface area contributed by atoms with Crippen molar-refractivity contribution in [3.63, 3.8) is 0 Å². The lowest BCUT2D eigenvalue weighted by Gasteiger charge is -2.23. The van der Waals surface area contributed by atoms with Gasteiger partial charge in [-0.15, -0.1) is 0 Å². The second kappa shape index (κ2) is 9.27. The van der Waals surface area contributed by atoms with Gasteiger partial charge >= 0.3 is 0 Å². The number of hydrogen-bond donors (Lipinski definition) is 1. The molecule has 1 aromatic carbocycles. The van der Waals surface area contributed by atoms with Gasteiger partial charge in [0, 0.05) is 16.8 Å². The van der Waals surface area contributed by atoms with E-state index in [2.05, 4.69) is 53.7 Å². The quantitative estimate of drug-likeness (QED) is 0.590. The van der Waals surface area contributed by atoms with Crippen molar-refractivity contribution in [2.45, 2.75) is 66.4 Å². The number of aliphatic hydroxyl groups excluding tert-OH is 1. The maximum atomic E-state index is 13.5. The van der Waals surface area contributed by atoms with E-state index >= 15 is 0 Å². The molecule has 0 atom stereocenters. The van der Waals surface area contributed by atoms with Crippen molar-refractivity contribution >= 4 is 6.08 Å². The predicted molar refractivity (Wildman–Crippen MR) is 112 cm³/mol. The fourth-order valence-corrected chi connectivity index (χ4v) is 3.33. The van der Waals surface area contributed by atoms with Gasteiger partial charge in [0.2, 0.25) is 0 Å². The summed E-state index contributed by atoms with van der Waals surface area (Å²) in [4.78, 5) is 4.96. The number of halogens is 1. The summed E-state index contributed by atoms with van der Waals surface area (Å²) in [5.41, 5.74) is 5.70. The molecule has 0 unspecified atom stereocenters. The van der Waals surface area contributed by atoms with Gasteiger partial charge in [0.05, 0.1) is 12.3 Å². The Kier molecular flexibility index (Phi) is 7.32. The molecule has 0 amide bonds. The number of pyridine rings is 1. The number of aromatic nitrogens is 1. The zero-order valence-electron chi connectivity index (χ0n) is 17.4. The van der Waals surface area contributed by atoms with E-state index in [4.69, 9.17) is 4.98 Å². The van der Waals surface area contributed by atoms with Crippen LogP contribution >= 0.6 is 0 Å². The number of benzene rings is 1. The second-order valence-corrected chi connectivity index (χ2v) is 8.16. The molecule has 3 heteroatoms. The molecule has 1 heterocycles. The van der Waals surface area contributed by atoms with Crippen LogP contribution in [0.3, 0.4) is 0 Å². The highest BCUT2D eigenvalue weighted by Crippen LogP contribution is 2.37. The highest BCUT2D eigenvalue weighted by atomic mass is 19.1. The van der Waals surface area contributed by atoms with Crippen LogP contribution in [-0.4, -0.2) is 10.1 Å². The van der Waals surface area contributed by atoms with Crippen LogP contribution in [0.1, 0.15) is 82.3 Å². The summed E-state index contributed by atoms with van der Waals surface area (Å²) in [5, 5.41) is 10.2. The molecular formula is C24H32FNO. The molecule has 0 spiro atoms. The highest BCUT2D eigenvalue weighted by molar-refractivity contribution is 5.80. The average Bonchev–Trinajstić information content (AvgIpc) is 2.60. The molecular weight excluding hydrogens is 337 g/mol. The molecule has 1 aromatic heterocycles. The lowest BCUT2D eigenvalue weighted by molar-refractivity contribution is 0.280. The minimum absolute atomic E-state index is 0.0867. The van der Waals surface area contributed by atoms with Gasteiger partial charge in [-0.1, -0.05) is 65.8 Å². The summed E-state index contributed by atoms with van der Waals surface area (Å²) in [6.07, 6.45) is 5.28. The lowest BCUT2D eigenvalue weighted by atomic mass is 9.87. The SMILES string of the molecule is CC(C)CC=Cc1c(C(C)C)nc(C(C)C)c(CO)c1-c1ccc(F)cc1. The molecule has 0 radical (unpaired) electrons. The van der Waals surface area contributed by atoms with Crippen LogP contribution in [0.15, 0.2) is 30.3 Å². The van der Waals surface area contributed by atoms with E-state index in [1.807, 2.05) is 0 Å². The van der Waals surface area contributed by atoms with Crippen LogP contribution in [0.2, 0.25) is 0 Å². The van der Waals surface area contributed by atoms with Crippen molar-refractivity contribution in [1.82, 2.24) is 4.98 Å². The minimum Gasteiger partial charge on any atom is -0.392 e. The molecule has 0 bridgehead atoms. The van der Waals surface area contributed by atoms with Crippen LogP contribution in [0, 0.1) is 11.7 Å². The summed E-state index contributed by atoms with van der Waals surface area (Å²) in [5.74, 6) is 0.743. The third kappa shape index (κ3) is 5.04. The topological polar surface area (TPSA) is 33.1 Å². The van der Waals surface area contributed by atoms with Gasteiger partial charge in [-0.3, -0.25) is 4.98 Å². The first-order valence-corrected chi connectivity index (χ1v) is 9.86. The van der Waals surface area contributed by atoms with Gasteiger partial charge in [-0.05, 0) is 47.4 Å². The highest BCUT2D eigenvalue weighted by Gasteiger charge is 2.22. The Morgan fingerprint density at radius 3 is 2.04 bits per heavy atom. The molecule has 146 valence electrons. The summed E-state index contributed by atoms with van der Waals surface area (Å²) in [6, 6.07) is 6.53. The Balaban J connectivity index is 2.84. The van der Waals surface area contributed by atoms with Crippen LogP contribution in [0.5, 0.6) is 0 Å². The van der Waals surface area contributed by atoms with Gasteiger partial charge in [-0.25, -0.2) is 4.39 Å². The number of allylic oxidation sites excluding steroid dienone is 1. The summed E-state index contributed by atoms with van der Waals surface area (Å²) >= 11 is 0. The molecule has 0 aliphatic carbocycles. The summed E-state index contributed by atoms with van der Waals surface area (Å²) < 4.78 is 13.5. The molecule has 2 aromatic rings. The van der Waals surface area contributed by atoms with E-state index in [-0.39, 0.29) is 24.3 Å². The van der Waals surface area contributed by atoms with Gasteiger partial charge < -0.3 is 5.11 Å². The Morgan fingerprint density at radius 1 is 0.963 bits per heavy atom. The number of hydrogen-bond acceptors (Lipinski definition) is 2. The zero-order chi connectivity index (χ0) is 20.1. The number of aliphatic hydroxyl groups is 1. The van der Waals surface area contributed by atoms with E-state index in [0.29, 0.717) is 5.92 Å². The average molecular weight is 370 g/mol. The monoisotopic (exact) mass is 369 g/mol. The molecule has 27 heavy (non-hydrogen) atoms. The van der Waals surface area contributed by atoms with Crippen molar-refractivity contribution in [2.75, 3.05) is 0 Å². The van der Waals surface area contributed by atoms with Gasteiger partial charge in [-0.2, -0.15) is 0 Å². The number of rotatable bonds is 7. The van der Waals surface area contributed by atoms with Crippen molar-refractivity contribution < 1.29 is 9.50 Å². The Morgan fingerprint density at radius 2 is 1.56 bits per heavy atom. The maximum absolute atomic E-state index is 13.5. The van der Waals surface area contributed by atoms with E-state index in [1.165, 1.54) is 12.1 Å². The first-order valence-electron chi connectivity index (χ1n) is 9.86. The molecule has 0 aliphatic rings. The normalized spacial score (nSPS) is 12.1. The van der Waals surface area contributed by atoms with Crippen molar-refractivity contribution in [3.05, 3.63) is 58.7 Å². The molecule has 0 aliphatic heterocycles. The van der Waals surface area contributed by atoms with E-state index in [9.17, 15) is 9.50 Å². The molecule has 2 nitrogen and oxygen atoms in total. The fourth-order valence-electron chi connectivity index (χ4n) is 3.33. The largest absolute Gasteiger partial charge is 0.392 e. The van der Waals surface area contributed by atoms with Crippen LogP contribution in [0.25, 0.3) is 17.2 Å². The molecule has 1 N–H and O–H groups in total. The second-order valence-electron chi connectivity index (χ2n) is 8.16. The van der Waals surface area contributed by atoms with Gasteiger partial charge in [0.25, 0.3) is 0 Å². The summed E-state index contributed by atoms with van der Waals surface area (Å²) in [6.45, 7) is 12.7. The molecule has 0 saturated heterocycles. The van der Waals surface area contributed by atoms with Crippen LogP contribution in [-0.2, 0) is 6.61 Å². The third-order valence-electron chi connectivity index (χ3n) is 4.67. The van der Waals surface area contributed by atoms with Crippen LogP contribution in [0.4, 0.5) is 4.39 Å². The van der Waals surface area contributed by atoms with E-state index in [0.717, 1.165) is 40.1 Å². The van der Waals surface area contributed by atoms with Gasteiger partial charge in [0.1, 0.15) is 5.82 Å². The zero-order valence-corrected chi connectivity index (χ0v) is 17.4. The fraction of sp³-hybridized carbons (Fsp3) is 0.458. The Bertz CT molecular complexity index is 789. The lowest BCUT2D eigenvalue weighted by Crippen LogP contribution is -2.10. The van der Waals surface area contributed by atoms with E-state index < -0.39 is 0 Å². The maximum Gasteiger partial charge on any atom is 0.123 e. The summed E-state index contributed by atoms with van der Waals surface area (Å²) in [7, 11) is 0. The van der Waals surface area contributed by atoms with E-state index in [1.54, 1.807) is 12.1 Å². The van der Waals surface area contributed by atoms with Crippen LogP contribution < -0.4 is 0 Å². The third-order valence-corrected chi connectivity index (χ3v) is 4.67. The van der Waals surface area contributed by atoms with Crippen molar-refractivity contribution in [1.29, 1.82) is 0 Å². The first kappa shape index (κ1) is 21.3. The Labute approximate surface area is 163 Å². The van der Waals surface area contributed by atoms with Gasteiger partial charge in [0.15, 0.2) is 0 Å². The predicted octanol–water partition coefficient (Wildman–Crippen LogP) is 6.69.